The molecule has 0 aromatic heterocycles. The number of allylic oxidation sites excluding steroid dienone is 1. The van der Waals surface area contributed by atoms with Gasteiger partial charge in [-0.05, 0) is 49.2 Å². The van der Waals surface area contributed by atoms with E-state index >= 15 is 4.39 Å². The summed E-state index contributed by atoms with van der Waals surface area (Å²) in [6, 6.07) is 13.3. The van der Waals surface area contributed by atoms with E-state index in [0.29, 0.717) is 21.2 Å². The van der Waals surface area contributed by atoms with Gasteiger partial charge in [0, 0.05) is 10.0 Å². The molecule has 0 N–H and O–H groups in total. The fraction of sp³-hybridized carbons (Fsp3) is 0.238. The van der Waals surface area contributed by atoms with Crippen LogP contribution in [0.1, 0.15) is 30.9 Å². The van der Waals surface area contributed by atoms with Gasteiger partial charge in [-0.2, -0.15) is 0 Å². The van der Waals surface area contributed by atoms with E-state index in [4.69, 9.17) is 27.9 Å². The molecular formula is C21H19Cl2FO3. The monoisotopic (exact) mass is 408 g/mol. The van der Waals surface area contributed by atoms with Gasteiger partial charge in [0.15, 0.2) is 5.78 Å². The molecule has 0 saturated heterocycles. The third-order valence-corrected chi connectivity index (χ3v) is 4.52. The molecule has 27 heavy (non-hydrogen) atoms. The Morgan fingerprint density at radius 3 is 2.33 bits per heavy atom. The minimum absolute atomic E-state index is 0.0436. The van der Waals surface area contributed by atoms with Gasteiger partial charge < -0.3 is 4.74 Å². The molecule has 0 aliphatic carbocycles. The number of hydrogen-bond acceptors (Lipinski definition) is 3. The second-order valence-electron chi connectivity index (χ2n) is 5.94. The zero-order chi connectivity index (χ0) is 20.0. The van der Waals surface area contributed by atoms with E-state index in [1.807, 2.05) is 0 Å². The summed E-state index contributed by atoms with van der Waals surface area (Å²) in [5.74, 6) is -3.38. The maximum Gasteiger partial charge on any atom is 0.352 e. The fourth-order valence-electron chi connectivity index (χ4n) is 2.72. The van der Waals surface area contributed by atoms with Crippen LogP contribution < -0.4 is 0 Å². The number of carbonyl (C=O) groups is 2. The number of alkyl halides is 1. The molecule has 2 unspecified atom stereocenters. The van der Waals surface area contributed by atoms with Crippen LogP contribution in [-0.4, -0.2) is 24.0 Å². The van der Waals surface area contributed by atoms with E-state index < -0.39 is 23.3 Å². The number of ether oxygens (including phenoxy) is 1. The standard InChI is InChI=1S/C21H19Cl2FO3/c1-3-27-20(26)21(24,14(2)25)19(16-7-5-9-18(23)13-16)11-10-15-6-4-8-17(22)12-15/h4-13,19H,3H2,1-2H3/b11-10+. The highest BCUT2D eigenvalue weighted by Gasteiger charge is 2.52. The number of halogens is 3. The lowest BCUT2D eigenvalue weighted by atomic mass is 9.80. The van der Waals surface area contributed by atoms with Gasteiger partial charge in [-0.3, -0.25) is 4.79 Å². The van der Waals surface area contributed by atoms with Crippen molar-refractivity contribution in [2.45, 2.75) is 25.4 Å². The van der Waals surface area contributed by atoms with Crippen molar-refractivity contribution < 1.29 is 18.7 Å². The number of benzene rings is 2. The summed E-state index contributed by atoms with van der Waals surface area (Å²) in [7, 11) is 0. The van der Waals surface area contributed by atoms with Crippen LogP contribution in [0, 0.1) is 0 Å². The Balaban J connectivity index is 2.57. The average molecular weight is 409 g/mol. The lowest BCUT2D eigenvalue weighted by Crippen LogP contribution is -2.47. The van der Waals surface area contributed by atoms with Gasteiger partial charge in [-0.15, -0.1) is 0 Å². The smallest absolute Gasteiger partial charge is 0.352 e. The fourth-order valence-corrected chi connectivity index (χ4v) is 3.11. The molecule has 0 fully saturated rings. The molecule has 0 bridgehead atoms. The lowest BCUT2D eigenvalue weighted by molar-refractivity contribution is -0.162. The molecule has 0 radical (unpaired) electrons. The Labute approximate surface area is 167 Å². The van der Waals surface area contributed by atoms with E-state index in [-0.39, 0.29) is 6.61 Å². The molecule has 6 heteroatoms. The first kappa shape index (κ1) is 21.1. The number of esters is 1. The quantitative estimate of drug-likeness (QED) is 0.438. The lowest BCUT2D eigenvalue weighted by Gasteiger charge is -2.28. The zero-order valence-electron chi connectivity index (χ0n) is 14.9. The first-order valence-electron chi connectivity index (χ1n) is 8.35. The third-order valence-electron chi connectivity index (χ3n) is 4.05. The number of ketones is 1. The second-order valence-corrected chi connectivity index (χ2v) is 6.81. The maximum atomic E-state index is 15.8. The molecule has 2 aromatic carbocycles. The normalized spacial score (nSPS) is 14.6. The molecule has 2 rings (SSSR count). The van der Waals surface area contributed by atoms with Crippen LogP contribution in [0.3, 0.4) is 0 Å². The summed E-state index contributed by atoms with van der Waals surface area (Å²) in [4.78, 5) is 24.5. The van der Waals surface area contributed by atoms with Crippen LogP contribution in [0.15, 0.2) is 54.6 Å². The van der Waals surface area contributed by atoms with E-state index in [0.717, 1.165) is 6.92 Å². The average Bonchev–Trinajstić information content (AvgIpc) is 2.61. The van der Waals surface area contributed by atoms with Crippen LogP contribution in [0.25, 0.3) is 6.08 Å². The van der Waals surface area contributed by atoms with Crippen LogP contribution in [0.5, 0.6) is 0 Å². The van der Waals surface area contributed by atoms with Gasteiger partial charge in [0.05, 0.1) is 12.5 Å². The predicted octanol–water partition coefficient (Wildman–Crippen LogP) is 5.65. The van der Waals surface area contributed by atoms with Gasteiger partial charge >= 0.3 is 5.97 Å². The highest BCUT2D eigenvalue weighted by Crippen LogP contribution is 2.37. The van der Waals surface area contributed by atoms with Crippen molar-refractivity contribution in [3.63, 3.8) is 0 Å². The Kier molecular flexibility index (Phi) is 7.17. The van der Waals surface area contributed by atoms with Gasteiger partial charge in [0.1, 0.15) is 0 Å². The van der Waals surface area contributed by atoms with Crippen LogP contribution in [0.2, 0.25) is 10.0 Å². The van der Waals surface area contributed by atoms with Crippen molar-refractivity contribution in [2.24, 2.45) is 0 Å². The van der Waals surface area contributed by atoms with Crippen LogP contribution in [0.4, 0.5) is 4.39 Å². The summed E-state index contributed by atoms with van der Waals surface area (Å²) >= 11 is 12.0. The number of Topliss-reactive ketones (excluding diaryl/α,β-unsaturated/α-hetero) is 1. The van der Waals surface area contributed by atoms with E-state index in [9.17, 15) is 9.59 Å². The van der Waals surface area contributed by atoms with Gasteiger partial charge in [0.2, 0.25) is 0 Å². The Morgan fingerprint density at radius 2 is 1.78 bits per heavy atom. The summed E-state index contributed by atoms with van der Waals surface area (Å²) in [5.41, 5.74) is -1.80. The van der Waals surface area contributed by atoms with Crippen molar-refractivity contribution in [3.8, 4) is 0 Å². The van der Waals surface area contributed by atoms with E-state index in [2.05, 4.69) is 0 Å². The molecule has 0 aliphatic heterocycles. The first-order valence-corrected chi connectivity index (χ1v) is 9.11. The molecule has 0 aliphatic rings. The molecule has 3 nitrogen and oxygen atoms in total. The molecule has 0 heterocycles. The SMILES string of the molecule is CCOC(=O)C(F)(C(C)=O)C(/C=C/c1cccc(Cl)c1)c1cccc(Cl)c1. The van der Waals surface area contributed by atoms with Crippen molar-refractivity contribution in [1.82, 2.24) is 0 Å². The minimum atomic E-state index is -2.88. The maximum absolute atomic E-state index is 15.8. The number of rotatable bonds is 7. The van der Waals surface area contributed by atoms with E-state index in [1.54, 1.807) is 55.5 Å². The van der Waals surface area contributed by atoms with Crippen molar-refractivity contribution in [1.29, 1.82) is 0 Å². The largest absolute Gasteiger partial charge is 0.463 e. The Hall–Kier alpha value is -2.17. The molecule has 2 aromatic rings. The molecule has 0 amide bonds. The molecule has 142 valence electrons. The third kappa shape index (κ3) is 4.96. The second kappa shape index (κ2) is 9.16. The van der Waals surface area contributed by atoms with Gasteiger partial charge in [0.25, 0.3) is 5.67 Å². The van der Waals surface area contributed by atoms with Crippen molar-refractivity contribution >= 4 is 41.0 Å². The summed E-state index contributed by atoms with van der Waals surface area (Å²) in [6.07, 6.45) is 3.06. The molecule has 0 saturated carbocycles. The molecule has 0 spiro atoms. The van der Waals surface area contributed by atoms with Crippen molar-refractivity contribution in [2.75, 3.05) is 6.61 Å². The highest BCUT2D eigenvalue weighted by atomic mass is 35.5. The number of carbonyl (C=O) groups excluding carboxylic acids is 2. The minimum Gasteiger partial charge on any atom is -0.463 e. The topological polar surface area (TPSA) is 43.4 Å². The molecule has 2 atom stereocenters. The number of hydrogen-bond donors (Lipinski definition) is 0. The molecular weight excluding hydrogens is 390 g/mol. The highest BCUT2D eigenvalue weighted by molar-refractivity contribution is 6.31. The van der Waals surface area contributed by atoms with Crippen molar-refractivity contribution in [3.05, 3.63) is 75.8 Å². The van der Waals surface area contributed by atoms with Gasteiger partial charge in [-0.1, -0.05) is 59.6 Å². The Bertz CT molecular complexity index is 866. The predicted molar refractivity (Wildman–Crippen MR) is 106 cm³/mol. The Morgan fingerprint density at radius 1 is 1.15 bits per heavy atom. The van der Waals surface area contributed by atoms with E-state index in [1.165, 1.54) is 12.1 Å². The van der Waals surface area contributed by atoms with Crippen LogP contribution in [-0.2, 0) is 14.3 Å². The zero-order valence-corrected chi connectivity index (χ0v) is 16.4. The van der Waals surface area contributed by atoms with Crippen LogP contribution >= 0.6 is 23.2 Å². The summed E-state index contributed by atoms with van der Waals surface area (Å²) in [5, 5.41) is 0.878. The first-order chi connectivity index (χ1) is 12.8. The summed E-state index contributed by atoms with van der Waals surface area (Å²) < 4.78 is 20.7. The summed E-state index contributed by atoms with van der Waals surface area (Å²) in [6.45, 7) is 2.54. The van der Waals surface area contributed by atoms with Gasteiger partial charge in [-0.25, -0.2) is 9.18 Å².